The van der Waals surface area contributed by atoms with Gasteiger partial charge in [0.1, 0.15) is 0 Å². The maximum Gasteiger partial charge on any atom is 0.272 e. The van der Waals surface area contributed by atoms with Crippen molar-refractivity contribution in [3.05, 3.63) is 69.1 Å². The van der Waals surface area contributed by atoms with Crippen molar-refractivity contribution in [2.75, 3.05) is 4.90 Å². The summed E-state index contributed by atoms with van der Waals surface area (Å²) in [5.41, 5.74) is 6.29. The quantitative estimate of drug-likeness (QED) is 0.672. The Kier molecular flexibility index (Phi) is 5.29. The number of imide groups is 1. The molecule has 0 atom stereocenters. The Labute approximate surface area is 165 Å². The van der Waals surface area contributed by atoms with E-state index >= 15 is 0 Å². The number of thioether (sulfide) groups is 1. The smallest absolute Gasteiger partial charge is 0.268 e. The van der Waals surface area contributed by atoms with Crippen LogP contribution in [0.3, 0.4) is 0 Å². The van der Waals surface area contributed by atoms with E-state index in [1.54, 1.807) is 0 Å². The summed E-state index contributed by atoms with van der Waals surface area (Å²) in [6.45, 7) is 12.1. The summed E-state index contributed by atoms with van der Waals surface area (Å²) in [5, 5.41) is 0.205. The summed E-state index contributed by atoms with van der Waals surface area (Å²) in [7, 11) is 0. The van der Waals surface area contributed by atoms with Gasteiger partial charge in [0.05, 0.1) is 16.2 Å². The van der Waals surface area contributed by atoms with Crippen molar-refractivity contribution < 1.29 is 9.59 Å². The predicted octanol–water partition coefficient (Wildman–Crippen LogP) is 5.35. The first-order chi connectivity index (χ1) is 12.7. The number of anilines is 1. The van der Waals surface area contributed by atoms with Crippen LogP contribution in [0.25, 0.3) is 5.57 Å². The first-order valence-corrected chi connectivity index (χ1v) is 10.0. The van der Waals surface area contributed by atoms with E-state index in [4.69, 9.17) is 0 Å². The predicted molar refractivity (Wildman–Crippen MR) is 114 cm³/mol. The normalized spacial score (nSPS) is 14.7. The molecule has 0 saturated heterocycles. The van der Waals surface area contributed by atoms with Crippen LogP contribution >= 0.6 is 11.8 Å². The Morgan fingerprint density at radius 3 is 2.19 bits per heavy atom. The number of rotatable bonds is 4. The zero-order valence-corrected chi connectivity index (χ0v) is 17.5. The lowest BCUT2D eigenvalue weighted by Gasteiger charge is -2.19. The van der Waals surface area contributed by atoms with Gasteiger partial charge in [-0.2, -0.15) is 0 Å². The second-order valence-electron chi connectivity index (χ2n) is 7.33. The Morgan fingerprint density at radius 1 is 0.852 bits per heavy atom. The maximum atomic E-state index is 13.4. The highest BCUT2D eigenvalue weighted by atomic mass is 32.2. The van der Waals surface area contributed by atoms with Gasteiger partial charge >= 0.3 is 0 Å². The summed E-state index contributed by atoms with van der Waals surface area (Å²) in [6, 6.07) is 11.7. The summed E-state index contributed by atoms with van der Waals surface area (Å²) < 4.78 is 0. The molecule has 0 N–H and O–H groups in total. The first kappa shape index (κ1) is 19.4. The largest absolute Gasteiger partial charge is 0.272 e. The third kappa shape index (κ3) is 3.46. The molecule has 4 heteroatoms. The van der Waals surface area contributed by atoms with E-state index in [1.165, 1.54) is 22.2 Å². The van der Waals surface area contributed by atoms with E-state index in [-0.39, 0.29) is 17.1 Å². The van der Waals surface area contributed by atoms with Crippen LogP contribution in [0.4, 0.5) is 5.69 Å². The fourth-order valence-corrected chi connectivity index (χ4v) is 4.19. The number of hydrogen-bond acceptors (Lipinski definition) is 3. The third-order valence-electron chi connectivity index (χ3n) is 5.01. The topological polar surface area (TPSA) is 37.4 Å². The Morgan fingerprint density at radius 2 is 1.56 bits per heavy atom. The standard InChI is InChI=1S/C23H25NO2S/c1-13(2)27-21-20(18-11-10-14(3)16(5)12-18)22(25)24(23(21)26)19-9-7-8-15(4)17(19)6/h7-13H,1-6H3. The molecule has 0 aliphatic carbocycles. The van der Waals surface area contributed by atoms with Crippen molar-refractivity contribution in [2.45, 2.75) is 46.8 Å². The molecule has 27 heavy (non-hydrogen) atoms. The molecule has 140 valence electrons. The highest BCUT2D eigenvalue weighted by Crippen LogP contribution is 2.41. The van der Waals surface area contributed by atoms with E-state index in [0.717, 1.165) is 22.3 Å². The Bertz CT molecular complexity index is 972. The average molecular weight is 380 g/mol. The first-order valence-electron chi connectivity index (χ1n) is 9.16. The molecule has 2 aromatic carbocycles. The van der Waals surface area contributed by atoms with E-state index in [2.05, 4.69) is 0 Å². The number of carbonyl (C=O) groups excluding carboxylic acids is 2. The fourth-order valence-electron chi connectivity index (χ4n) is 3.20. The fraction of sp³-hybridized carbons (Fsp3) is 0.304. The molecule has 1 aliphatic heterocycles. The van der Waals surface area contributed by atoms with Crippen LogP contribution in [0.5, 0.6) is 0 Å². The van der Waals surface area contributed by atoms with Crippen LogP contribution in [0.2, 0.25) is 0 Å². The van der Waals surface area contributed by atoms with Gasteiger partial charge in [-0.1, -0.05) is 44.2 Å². The summed E-state index contributed by atoms with van der Waals surface area (Å²) >= 11 is 1.46. The van der Waals surface area contributed by atoms with Crippen LogP contribution in [-0.2, 0) is 9.59 Å². The van der Waals surface area contributed by atoms with Gasteiger partial charge in [0.25, 0.3) is 11.8 Å². The lowest BCUT2D eigenvalue weighted by Crippen LogP contribution is -2.32. The molecule has 2 aromatic rings. The molecule has 0 fully saturated rings. The van der Waals surface area contributed by atoms with Crippen LogP contribution < -0.4 is 4.90 Å². The zero-order chi connectivity index (χ0) is 19.9. The van der Waals surface area contributed by atoms with E-state index in [1.807, 2.05) is 77.9 Å². The van der Waals surface area contributed by atoms with Crippen LogP contribution in [0, 0.1) is 27.7 Å². The summed E-state index contributed by atoms with van der Waals surface area (Å²) in [5.74, 6) is -0.458. The Hall–Kier alpha value is -2.33. The summed E-state index contributed by atoms with van der Waals surface area (Å²) in [4.78, 5) is 28.6. The van der Waals surface area contributed by atoms with Gasteiger partial charge in [-0.3, -0.25) is 9.59 Å². The molecule has 3 nitrogen and oxygen atoms in total. The zero-order valence-electron chi connectivity index (χ0n) is 16.7. The van der Waals surface area contributed by atoms with Gasteiger partial charge in [0, 0.05) is 5.25 Å². The molecular formula is C23H25NO2S. The molecule has 0 bridgehead atoms. The summed E-state index contributed by atoms with van der Waals surface area (Å²) in [6.07, 6.45) is 0. The lowest BCUT2D eigenvalue weighted by molar-refractivity contribution is -0.119. The minimum Gasteiger partial charge on any atom is -0.268 e. The number of hydrogen-bond donors (Lipinski definition) is 0. The molecule has 0 saturated carbocycles. The number of nitrogens with zero attached hydrogens (tertiary/aromatic N) is 1. The molecule has 0 unspecified atom stereocenters. The number of amides is 2. The van der Waals surface area contributed by atoms with Crippen LogP contribution in [0.15, 0.2) is 41.3 Å². The number of carbonyl (C=O) groups is 2. The molecule has 0 radical (unpaired) electrons. The average Bonchev–Trinajstić information content (AvgIpc) is 2.83. The lowest BCUT2D eigenvalue weighted by atomic mass is 10.0. The highest BCUT2D eigenvalue weighted by molar-refractivity contribution is 8.04. The van der Waals surface area contributed by atoms with Crippen molar-refractivity contribution in [1.82, 2.24) is 0 Å². The molecule has 0 spiro atoms. The van der Waals surface area contributed by atoms with Gasteiger partial charge in [-0.15, -0.1) is 11.8 Å². The minimum absolute atomic E-state index is 0.205. The SMILES string of the molecule is Cc1ccc(C2=C(SC(C)C)C(=O)N(c3cccc(C)c3C)C2=O)cc1C. The molecule has 2 amide bonds. The third-order valence-corrected chi connectivity index (χ3v) is 6.09. The van der Waals surface area contributed by atoms with Gasteiger partial charge in [0.2, 0.25) is 0 Å². The molecular weight excluding hydrogens is 354 g/mol. The van der Waals surface area contributed by atoms with Crippen molar-refractivity contribution in [3.8, 4) is 0 Å². The van der Waals surface area contributed by atoms with E-state index in [0.29, 0.717) is 16.2 Å². The van der Waals surface area contributed by atoms with Gasteiger partial charge in [-0.25, -0.2) is 4.90 Å². The van der Waals surface area contributed by atoms with Crippen molar-refractivity contribution in [2.24, 2.45) is 0 Å². The molecule has 1 aliphatic rings. The second-order valence-corrected chi connectivity index (χ2v) is 8.92. The minimum atomic E-state index is -0.236. The van der Waals surface area contributed by atoms with Gasteiger partial charge in [-0.05, 0) is 61.6 Å². The number of benzene rings is 2. The van der Waals surface area contributed by atoms with E-state index in [9.17, 15) is 9.59 Å². The monoisotopic (exact) mass is 379 g/mol. The van der Waals surface area contributed by atoms with Crippen molar-refractivity contribution in [1.29, 1.82) is 0 Å². The van der Waals surface area contributed by atoms with Crippen LogP contribution in [0.1, 0.15) is 41.7 Å². The maximum absolute atomic E-state index is 13.4. The van der Waals surface area contributed by atoms with Crippen molar-refractivity contribution >= 4 is 34.8 Å². The number of aryl methyl sites for hydroxylation is 3. The molecule has 0 aromatic heterocycles. The van der Waals surface area contributed by atoms with Gasteiger partial charge < -0.3 is 0 Å². The molecule has 3 rings (SSSR count). The Balaban J connectivity index is 2.17. The molecule has 1 heterocycles. The second kappa shape index (κ2) is 7.35. The van der Waals surface area contributed by atoms with Gasteiger partial charge in [0.15, 0.2) is 0 Å². The van der Waals surface area contributed by atoms with Crippen molar-refractivity contribution in [3.63, 3.8) is 0 Å². The van der Waals surface area contributed by atoms with E-state index < -0.39 is 0 Å². The highest BCUT2D eigenvalue weighted by Gasteiger charge is 2.41. The van der Waals surface area contributed by atoms with Crippen LogP contribution in [-0.4, -0.2) is 17.1 Å².